The summed E-state index contributed by atoms with van der Waals surface area (Å²) in [5, 5.41) is 6.30. The van der Waals surface area contributed by atoms with Crippen LogP contribution in [0, 0.1) is 0 Å². The minimum Gasteiger partial charge on any atom is -0.486 e. The quantitative estimate of drug-likeness (QED) is 0.357. The molecule has 172 valence electrons. The molecule has 5 rings (SSSR count). The predicted octanol–water partition coefficient (Wildman–Crippen LogP) is 5.61. The summed E-state index contributed by atoms with van der Waals surface area (Å²) in [6, 6.07) is 16.2. The van der Waals surface area contributed by atoms with Gasteiger partial charge in [-0.2, -0.15) is 0 Å². The van der Waals surface area contributed by atoms with Crippen LogP contribution in [-0.4, -0.2) is 29.2 Å². The van der Waals surface area contributed by atoms with Crippen LogP contribution in [0.3, 0.4) is 0 Å². The number of ether oxygens (including phenoxy) is 2. The summed E-state index contributed by atoms with van der Waals surface area (Å²) in [6.07, 6.45) is 0.910. The summed E-state index contributed by atoms with van der Waals surface area (Å²) in [5.74, 6) is 1.18. The van der Waals surface area contributed by atoms with E-state index in [0.29, 0.717) is 58.0 Å². The largest absolute Gasteiger partial charge is 0.486 e. The zero-order valence-electron chi connectivity index (χ0n) is 18.2. The Bertz CT molecular complexity index is 1420. The van der Waals surface area contributed by atoms with Crippen molar-refractivity contribution in [2.75, 3.05) is 18.5 Å². The van der Waals surface area contributed by atoms with E-state index in [2.05, 4.69) is 22.5 Å². The molecule has 0 fully saturated rings. The molecular weight excluding hydrogens is 474 g/mol. The van der Waals surface area contributed by atoms with Crippen molar-refractivity contribution in [2.24, 2.45) is 0 Å². The molecule has 7 nitrogen and oxygen atoms in total. The summed E-state index contributed by atoms with van der Waals surface area (Å²) in [7, 11) is 0. The van der Waals surface area contributed by atoms with Crippen molar-refractivity contribution in [1.29, 1.82) is 0 Å². The van der Waals surface area contributed by atoms with Gasteiger partial charge < -0.3 is 19.2 Å². The molecule has 2 N–H and O–H groups in total. The molecule has 2 heterocycles. The van der Waals surface area contributed by atoms with E-state index in [1.807, 2.05) is 18.2 Å². The van der Waals surface area contributed by atoms with Crippen LogP contribution < -0.4 is 20.1 Å². The molecule has 0 aliphatic carbocycles. The highest BCUT2D eigenvalue weighted by molar-refractivity contribution is 7.80. The van der Waals surface area contributed by atoms with Gasteiger partial charge in [-0.3, -0.25) is 10.1 Å². The Morgan fingerprint density at radius 2 is 1.88 bits per heavy atom. The van der Waals surface area contributed by atoms with Gasteiger partial charge in [-0.25, -0.2) is 4.98 Å². The van der Waals surface area contributed by atoms with E-state index in [1.54, 1.807) is 36.4 Å². The van der Waals surface area contributed by atoms with Gasteiger partial charge in [0.2, 0.25) is 5.89 Å². The lowest BCUT2D eigenvalue weighted by Crippen LogP contribution is -2.34. The molecule has 3 aromatic carbocycles. The second-order valence-electron chi connectivity index (χ2n) is 7.64. The van der Waals surface area contributed by atoms with Crippen molar-refractivity contribution in [1.82, 2.24) is 10.3 Å². The molecule has 1 amide bonds. The average molecular weight is 494 g/mol. The lowest BCUT2D eigenvalue weighted by Gasteiger charge is -2.18. The Kier molecular flexibility index (Phi) is 6.08. The highest BCUT2D eigenvalue weighted by Crippen LogP contribution is 2.33. The number of nitrogens with one attached hydrogen (secondary N) is 2. The number of aryl methyl sites for hydroxylation is 1. The number of fused-ring (bicyclic) bond motifs is 2. The number of nitrogens with zero attached hydrogens (tertiary/aromatic N) is 1. The van der Waals surface area contributed by atoms with E-state index < -0.39 is 0 Å². The van der Waals surface area contributed by atoms with E-state index in [9.17, 15) is 4.79 Å². The first-order valence-electron chi connectivity index (χ1n) is 10.7. The maximum Gasteiger partial charge on any atom is 0.257 e. The van der Waals surface area contributed by atoms with Crippen molar-refractivity contribution in [3.8, 4) is 23.0 Å². The second kappa shape index (κ2) is 9.32. The molecule has 1 aromatic heterocycles. The molecule has 0 radical (unpaired) electrons. The predicted molar refractivity (Wildman–Crippen MR) is 135 cm³/mol. The molecule has 34 heavy (non-hydrogen) atoms. The number of hydrogen-bond donors (Lipinski definition) is 2. The monoisotopic (exact) mass is 493 g/mol. The molecule has 0 unspecified atom stereocenters. The number of carbonyl (C=O) groups is 1. The summed E-state index contributed by atoms with van der Waals surface area (Å²) in [4.78, 5) is 17.2. The van der Waals surface area contributed by atoms with E-state index in [0.717, 1.165) is 11.9 Å². The van der Waals surface area contributed by atoms with Gasteiger partial charge in [0, 0.05) is 11.3 Å². The van der Waals surface area contributed by atoms with Crippen molar-refractivity contribution in [3.05, 3.63) is 70.7 Å². The first-order chi connectivity index (χ1) is 16.5. The van der Waals surface area contributed by atoms with Crippen molar-refractivity contribution < 1.29 is 18.7 Å². The van der Waals surface area contributed by atoms with Crippen molar-refractivity contribution in [2.45, 2.75) is 13.3 Å². The lowest BCUT2D eigenvalue weighted by molar-refractivity contribution is 0.0976. The van der Waals surface area contributed by atoms with Gasteiger partial charge in [0.15, 0.2) is 22.2 Å². The molecule has 0 bridgehead atoms. The molecule has 0 spiro atoms. The van der Waals surface area contributed by atoms with E-state index in [4.69, 9.17) is 37.7 Å². The zero-order valence-corrected chi connectivity index (χ0v) is 19.8. The molecule has 0 saturated carbocycles. The van der Waals surface area contributed by atoms with Gasteiger partial charge in [-0.05, 0) is 72.7 Å². The SMILES string of the molecule is CCc1ccc2oc(-c3cc(NC(=S)NC(=O)c4ccc5c(c4)OCCO5)ccc3Cl)nc2c1. The minimum atomic E-state index is -0.366. The lowest BCUT2D eigenvalue weighted by atomic mass is 10.1. The fourth-order valence-corrected chi connectivity index (χ4v) is 4.01. The number of benzene rings is 3. The number of amides is 1. The topological polar surface area (TPSA) is 85.6 Å². The highest BCUT2D eigenvalue weighted by atomic mass is 35.5. The van der Waals surface area contributed by atoms with E-state index >= 15 is 0 Å². The third-order valence-electron chi connectivity index (χ3n) is 5.35. The van der Waals surface area contributed by atoms with Crippen LogP contribution in [0.1, 0.15) is 22.8 Å². The Hall–Kier alpha value is -3.62. The van der Waals surface area contributed by atoms with Gasteiger partial charge in [0.05, 0.1) is 10.6 Å². The number of hydrogen-bond acceptors (Lipinski definition) is 6. The maximum absolute atomic E-state index is 12.6. The summed E-state index contributed by atoms with van der Waals surface area (Å²) in [6.45, 7) is 3.01. The minimum absolute atomic E-state index is 0.137. The molecule has 9 heteroatoms. The zero-order chi connectivity index (χ0) is 23.7. The van der Waals surface area contributed by atoms with Crippen LogP contribution >= 0.6 is 23.8 Å². The van der Waals surface area contributed by atoms with E-state index in [1.165, 1.54) is 5.56 Å². The molecule has 1 aliphatic heterocycles. The molecule has 1 aliphatic rings. The highest BCUT2D eigenvalue weighted by Gasteiger charge is 2.17. The summed E-state index contributed by atoms with van der Waals surface area (Å²) >= 11 is 11.8. The molecule has 4 aromatic rings. The second-order valence-corrected chi connectivity index (χ2v) is 8.45. The van der Waals surface area contributed by atoms with Crippen LogP contribution in [0.5, 0.6) is 11.5 Å². The third-order valence-corrected chi connectivity index (χ3v) is 5.88. The first kappa shape index (κ1) is 22.2. The van der Waals surface area contributed by atoms with Crippen molar-refractivity contribution in [3.63, 3.8) is 0 Å². The number of halogens is 1. The number of thiocarbonyl (C=S) groups is 1. The number of rotatable bonds is 4. The Morgan fingerprint density at radius 3 is 2.71 bits per heavy atom. The van der Waals surface area contributed by atoms with Gasteiger partial charge in [0.25, 0.3) is 5.91 Å². The Balaban J connectivity index is 1.32. The van der Waals surface area contributed by atoms with Gasteiger partial charge in [0.1, 0.15) is 18.7 Å². The Labute approximate surface area is 206 Å². The van der Waals surface area contributed by atoms with Gasteiger partial charge >= 0.3 is 0 Å². The first-order valence-corrected chi connectivity index (χ1v) is 11.5. The Morgan fingerprint density at radius 1 is 1.06 bits per heavy atom. The van der Waals surface area contributed by atoms with Crippen LogP contribution in [0.15, 0.2) is 59.0 Å². The van der Waals surface area contributed by atoms with Crippen LogP contribution in [-0.2, 0) is 6.42 Å². The average Bonchev–Trinajstić information content (AvgIpc) is 3.27. The molecular formula is C25H20ClN3O4S. The van der Waals surface area contributed by atoms with Gasteiger partial charge in [-0.15, -0.1) is 0 Å². The van der Waals surface area contributed by atoms with Crippen molar-refractivity contribution >= 4 is 51.6 Å². The fourth-order valence-electron chi connectivity index (χ4n) is 3.60. The third kappa shape index (κ3) is 4.55. The van der Waals surface area contributed by atoms with Gasteiger partial charge in [-0.1, -0.05) is 24.6 Å². The van der Waals surface area contributed by atoms with E-state index in [-0.39, 0.29) is 11.0 Å². The maximum atomic E-state index is 12.6. The smallest absolute Gasteiger partial charge is 0.257 e. The molecule has 0 atom stereocenters. The van der Waals surface area contributed by atoms with Crippen LogP contribution in [0.4, 0.5) is 5.69 Å². The standard InChI is InChI=1S/C25H20ClN3O4S/c1-2-14-3-7-20-19(11-14)28-24(33-20)17-13-16(5-6-18(17)26)27-25(34)29-23(30)15-4-8-21-22(12-15)32-10-9-31-21/h3-8,11-13H,2,9-10H2,1H3,(H2,27,29,30,34). The summed E-state index contributed by atoms with van der Waals surface area (Å²) < 4.78 is 16.9. The van der Waals surface area contributed by atoms with Crippen LogP contribution in [0.2, 0.25) is 5.02 Å². The number of aromatic nitrogens is 1. The fraction of sp³-hybridized carbons (Fsp3) is 0.160. The summed E-state index contributed by atoms with van der Waals surface area (Å²) in [5.41, 5.74) is 4.27. The molecule has 0 saturated heterocycles. The number of carbonyl (C=O) groups excluding carboxylic acids is 1. The van der Waals surface area contributed by atoms with Crippen LogP contribution in [0.25, 0.3) is 22.6 Å². The number of anilines is 1. The normalized spacial score (nSPS) is 12.4. The number of oxazole rings is 1.